The summed E-state index contributed by atoms with van der Waals surface area (Å²) in [7, 11) is 5.40. The van der Waals surface area contributed by atoms with Crippen molar-refractivity contribution < 1.29 is 38.2 Å². The third-order valence-corrected chi connectivity index (χ3v) is 10.5. The first-order valence-corrected chi connectivity index (χ1v) is 23.7. The van der Waals surface area contributed by atoms with Gasteiger partial charge in [0.15, 0.2) is 6.10 Å². The quantitative estimate of drug-likeness (QED) is 0.0262. The van der Waals surface area contributed by atoms with E-state index in [-0.39, 0.29) is 42.7 Å². The van der Waals surface area contributed by atoms with Gasteiger partial charge < -0.3 is 28.6 Å². The molecule has 8 nitrogen and oxygen atoms in total. The molecular formula is C50H89NO7. The highest BCUT2D eigenvalue weighted by molar-refractivity contribution is 5.70. The van der Waals surface area contributed by atoms with Crippen molar-refractivity contribution in [1.82, 2.24) is 0 Å². The number of unbranched alkanes of at least 4 members (excludes halogenated alkanes) is 22. The van der Waals surface area contributed by atoms with Crippen LogP contribution in [-0.4, -0.2) is 75.5 Å². The first kappa shape index (κ1) is 55.3. The van der Waals surface area contributed by atoms with E-state index >= 15 is 0 Å². The summed E-state index contributed by atoms with van der Waals surface area (Å²) in [5.41, 5.74) is 0. The van der Waals surface area contributed by atoms with Gasteiger partial charge in [-0.05, 0) is 64.2 Å². The van der Waals surface area contributed by atoms with Crippen LogP contribution >= 0.6 is 0 Å². The van der Waals surface area contributed by atoms with Crippen LogP contribution in [-0.2, 0) is 28.6 Å². The number of ether oxygens (including phenoxy) is 3. The number of quaternary nitrogens is 1. The molecule has 0 aliphatic heterocycles. The topological polar surface area (TPSA) is 102 Å². The van der Waals surface area contributed by atoms with Crippen molar-refractivity contribution in [3.05, 3.63) is 48.6 Å². The molecule has 0 aromatic rings. The van der Waals surface area contributed by atoms with E-state index < -0.39 is 18.1 Å². The lowest BCUT2D eigenvalue weighted by Crippen LogP contribution is -2.55. The zero-order chi connectivity index (χ0) is 42.8. The molecule has 0 rings (SSSR count). The lowest BCUT2D eigenvalue weighted by Gasteiger charge is -2.34. The van der Waals surface area contributed by atoms with Crippen LogP contribution in [0.5, 0.6) is 0 Å². The van der Waals surface area contributed by atoms with Gasteiger partial charge in [0, 0.05) is 19.3 Å². The van der Waals surface area contributed by atoms with Gasteiger partial charge in [-0.15, -0.1) is 0 Å². The highest BCUT2D eigenvalue weighted by atomic mass is 16.6. The second-order valence-corrected chi connectivity index (χ2v) is 17.0. The number of carbonyl (C=O) groups excluding carboxylic acids is 3. The smallest absolute Gasteiger partial charge is 0.306 e. The number of hydrogen-bond acceptors (Lipinski definition) is 7. The Hall–Kier alpha value is -2.71. The van der Waals surface area contributed by atoms with Gasteiger partial charge in [-0.1, -0.05) is 165 Å². The number of carbonyl (C=O) groups is 3. The van der Waals surface area contributed by atoms with Crippen LogP contribution in [0.1, 0.15) is 200 Å². The van der Waals surface area contributed by atoms with Crippen molar-refractivity contribution >= 4 is 17.9 Å². The Morgan fingerprint density at radius 1 is 0.517 bits per heavy atom. The number of carboxylic acids is 1. The largest absolute Gasteiger partial charge is 0.544 e. The normalized spacial score (nSPS) is 13.3. The maximum absolute atomic E-state index is 12.8. The Morgan fingerprint density at radius 3 is 1.29 bits per heavy atom. The summed E-state index contributed by atoms with van der Waals surface area (Å²) >= 11 is 0. The van der Waals surface area contributed by atoms with Gasteiger partial charge in [0.05, 0.1) is 40.3 Å². The molecule has 2 unspecified atom stereocenters. The van der Waals surface area contributed by atoms with Crippen molar-refractivity contribution in [3.8, 4) is 0 Å². The lowest BCUT2D eigenvalue weighted by atomic mass is 10.1. The molecule has 0 aromatic carbocycles. The SMILES string of the molecule is CCCCC/C=C/C=C/CCCCCCCCCCCCC(=O)OC(COCCC(C(=O)[O-])[N+](C)(C)C)COC(=O)CCCCCCCC/C=C/C=C/CCCCC. The number of hydrogen-bond donors (Lipinski definition) is 0. The van der Waals surface area contributed by atoms with Crippen LogP contribution in [0.3, 0.4) is 0 Å². The molecule has 0 radical (unpaired) electrons. The molecule has 0 saturated heterocycles. The van der Waals surface area contributed by atoms with E-state index in [4.69, 9.17) is 14.2 Å². The molecular weight excluding hydrogens is 727 g/mol. The zero-order valence-corrected chi connectivity index (χ0v) is 38.2. The van der Waals surface area contributed by atoms with Crippen LogP contribution in [0, 0.1) is 0 Å². The Balaban J connectivity index is 4.31. The minimum absolute atomic E-state index is 0.0353. The molecule has 0 amide bonds. The van der Waals surface area contributed by atoms with Gasteiger partial charge in [-0.3, -0.25) is 9.59 Å². The first-order chi connectivity index (χ1) is 28.1. The molecule has 0 heterocycles. The molecule has 2 atom stereocenters. The molecule has 8 heteroatoms. The van der Waals surface area contributed by atoms with Crippen LogP contribution in [0.4, 0.5) is 0 Å². The van der Waals surface area contributed by atoms with Crippen molar-refractivity contribution in [2.24, 2.45) is 0 Å². The van der Waals surface area contributed by atoms with E-state index in [2.05, 4.69) is 62.5 Å². The Morgan fingerprint density at radius 2 is 0.897 bits per heavy atom. The molecule has 0 aliphatic rings. The van der Waals surface area contributed by atoms with Gasteiger partial charge >= 0.3 is 11.9 Å². The molecule has 0 bridgehead atoms. The average Bonchev–Trinajstić information content (AvgIpc) is 3.18. The standard InChI is InChI=1S/C50H89NO7/c1-6-8-10-12-14-16-18-20-22-23-24-25-27-29-31-33-35-37-39-41-49(53)58-46(44-56-43-42-47(50(54)55)51(3,4)5)45-57-48(52)40-38-36-34-32-30-28-26-21-19-17-15-13-11-9-7-2/h14-21,46-47H,6-13,22-45H2,1-5H3/b16-14+,17-15+,20-18+,21-19+. The summed E-state index contributed by atoms with van der Waals surface area (Å²) in [6.45, 7) is 4.60. The van der Waals surface area contributed by atoms with Crippen LogP contribution in [0.15, 0.2) is 48.6 Å². The lowest BCUT2D eigenvalue weighted by molar-refractivity contribution is -0.889. The summed E-state index contributed by atoms with van der Waals surface area (Å²) in [6.07, 6.45) is 48.4. The van der Waals surface area contributed by atoms with E-state index in [1.807, 2.05) is 0 Å². The maximum Gasteiger partial charge on any atom is 0.306 e. The summed E-state index contributed by atoms with van der Waals surface area (Å²) in [6, 6.07) is -0.729. The Bertz CT molecular complexity index is 1090. The molecule has 58 heavy (non-hydrogen) atoms. The Kier molecular flexibility index (Phi) is 39.1. The van der Waals surface area contributed by atoms with Crippen molar-refractivity contribution in [1.29, 1.82) is 0 Å². The molecule has 0 saturated carbocycles. The first-order valence-electron chi connectivity index (χ1n) is 23.7. The molecule has 0 spiro atoms. The monoisotopic (exact) mass is 816 g/mol. The fraction of sp³-hybridized carbons (Fsp3) is 0.780. The Labute approximate surface area is 356 Å². The predicted octanol–water partition coefficient (Wildman–Crippen LogP) is 11.9. The van der Waals surface area contributed by atoms with Gasteiger partial charge in [0.2, 0.25) is 0 Å². The van der Waals surface area contributed by atoms with E-state index in [0.29, 0.717) is 12.8 Å². The van der Waals surface area contributed by atoms with Crippen LogP contribution in [0.2, 0.25) is 0 Å². The summed E-state index contributed by atoms with van der Waals surface area (Å²) < 4.78 is 17.2. The second-order valence-electron chi connectivity index (χ2n) is 17.0. The summed E-state index contributed by atoms with van der Waals surface area (Å²) in [5, 5.41) is 11.6. The van der Waals surface area contributed by atoms with Crippen LogP contribution < -0.4 is 5.11 Å². The zero-order valence-electron chi connectivity index (χ0n) is 38.2. The third-order valence-electron chi connectivity index (χ3n) is 10.5. The van der Waals surface area contributed by atoms with Gasteiger partial charge in [0.1, 0.15) is 12.6 Å². The maximum atomic E-state index is 12.8. The number of rotatable bonds is 42. The van der Waals surface area contributed by atoms with E-state index in [0.717, 1.165) is 57.8 Å². The third kappa shape index (κ3) is 38.8. The molecule has 0 aromatic heterocycles. The molecule has 336 valence electrons. The minimum atomic E-state index is -1.13. The molecule has 0 fully saturated rings. The van der Waals surface area contributed by atoms with Gasteiger partial charge in [0.25, 0.3) is 0 Å². The number of carboxylic acid groups (broad SMARTS) is 1. The van der Waals surface area contributed by atoms with E-state index in [9.17, 15) is 19.5 Å². The van der Waals surface area contributed by atoms with Crippen molar-refractivity contribution in [2.75, 3.05) is 41.0 Å². The number of esters is 2. The summed E-state index contributed by atoms with van der Waals surface area (Å²) in [4.78, 5) is 36.9. The number of nitrogens with zero attached hydrogens (tertiary/aromatic N) is 1. The van der Waals surface area contributed by atoms with E-state index in [1.165, 1.54) is 109 Å². The summed E-state index contributed by atoms with van der Waals surface area (Å²) in [5.74, 6) is -1.75. The van der Waals surface area contributed by atoms with Crippen molar-refractivity contribution in [2.45, 2.75) is 212 Å². The number of likely N-dealkylation sites (N-methyl/N-ethyl adjacent to an activating group) is 1. The van der Waals surface area contributed by atoms with Gasteiger partial charge in [-0.25, -0.2) is 0 Å². The fourth-order valence-electron chi connectivity index (χ4n) is 6.76. The second kappa shape index (κ2) is 41.0. The molecule has 0 N–H and O–H groups in total. The molecule has 0 aliphatic carbocycles. The minimum Gasteiger partial charge on any atom is -0.544 e. The van der Waals surface area contributed by atoms with Gasteiger partial charge in [-0.2, -0.15) is 0 Å². The number of aliphatic carboxylic acids is 1. The fourth-order valence-corrected chi connectivity index (χ4v) is 6.76. The number of allylic oxidation sites excluding steroid dienone is 8. The van der Waals surface area contributed by atoms with Crippen molar-refractivity contribution in [3.63, 3.8) is 0 Å². The van der Waals surface area contributed by atoms with E-state index in [1.54, 1.807) is 21.1 Å². The highest BCUT2D eigenvalue weighted by Gasteiger charge is 2.25. The average molecular weight is 816 g/mol. The predicted molar refractivity (Wildman–Crippen MR) is 240 cm³/mol. The highest BCUT2D eigenvalue weighted by Crippen LogP contribution is 2.14. The van der Waals surface area contributed by atoms with Crippen LogP contribution in [0.25, 0.3) is 0 Å².